The number of aliphatic carboxylic acids is 1. The smallest absolute Gasteiger partial charge is 0.318 e. The van der Waals surface area contributed by atoms with Crippen LogP contribution in [-0.4, -0.2) is 64.5 Å². The van der Waals surface area contributed by atoms with Crippen LogP contribution >= 0.6 is 0 Å². The highest BCUT2D eigenvalue weighted by Gasteiger charge is 2.50. The van der Waals surface area contributed by atoms with Crippen LogP contribution in [0, 0.1) is 11.3 Å². The summed E-state index contributed by atoms with van der Waals surface area (Å²) < 4.78 is 0. The molecule has 0 aromatic heterocycles. The number of carbonyl (C=O) groups excluding carboxylic acids is 2. The van der Waals surface area contributed by atoms with Gasteiger partial charge in [0, 0.05) is 25.7 Å². The van der Waals surface area contributed by atoms with Gasteiger partial charge in [-0.1, -0.05) is 13.8 Å². The summed E-state index contributed by atoms with van der Waals surface area (Å²) in [7, 11) is 0. The number of hydrogen-bond donors (Lipinski definition) is 2. The summed E-state index contributed by atoms with van der Waals surface area (Å²) in [6.45, 7) is 8.79. The lowest BCUT2D eigenvalue weighted by Gasteiger charge is -2.31. The zero-order valence-corrected chi connectivity index (χ0v) is 15.0. The lowest BCUT2D eigenvalue weighted by atomic mass is 9.76. The molecule has 0 aromatic carbocycles. The van der Waals surface area contributed by atoms with Crippen molar-refractivity contribution in [1.82, 2.24) is 15.1 Å². The average Bonchev–Trinajstić information content (AvgIpc) is 3.13. The normalized spacial score (nSPS) is 27.2. The van der Waals surface area contributed by atoms with E-state index in [1.807, 2.05) is 27.7 Å². The molecule has 2 saturated heterocycles. The van der Waals surface area contributed by atoms with E-state index in [9.17, 15) is 19.5 Å². The van der Waals surface area contributed by atoms with Crippen LogP contribution < -0.4 is 5.32 Å². The minimum Gasteiger partial charge on any atom is -0.481 e. The van der Waals surface area contributed by atoms with Crippen molar-refractivity contribution in [3.8, 4) is 0 Å². The minimum absolute atomic E-state index is 0.0150. The molecule has 7 nitrogen and oxygen atoms in total. The topological polar surface area (TPSA) is 90.0 Å². The molecule has 0 aromatic rings. The summed E-state index contributed by atoms with van der Waals surface area (Å²) >= 11 is 0. The summed E-state index contributed by atoms with van der Waals surface area (Å²) in [5.74, 6) is -1.000. The van der Waals surface area contributed by atoms with Gasteiger partial charge in [0.25, 0.3) is 0 Å². The van der Waals surface area contributed by atoms with E-state index in [-0.39, 0.29) is 30.4 Å². The molecule has 2 aliphatic heterocycles. The first-order chi connectivity index (χ1) is 11.2. The van der Waals surface area contributed by atoms with Crippen LogP contribution in [0.15, 0.2) is 0 Å². The van der Waals surface area contributed by atoms with Gasteiger partial charge < -0.3 is 20.2 Å². The molecule has 2 heterocycles. The first-order valence-electron chi connectivity index (χ1n) is 8.78. The molecule has 0 saturated carbocycles. The molecule has 2 rings (SSSR count). The largest absolute Gasteiger partial charge is 0.481 e. The van der Waals surface area contributed by atoms with Gasteiger partial charge in [-0.05, 0) is 39.0 Å². The molecule has 24 heavy (non-hydrogen) atoms. The van der Waals surface area contributed by atoms with Gasteiger partial charge in [0.15, 0.2) is 0 Å². The van der Waals surface area contributed by atoms with Crippen LogP contribution in [-0.2, 0) is 9.59 Å². The molecule has 2 aliphatic rings. The van der Waals surface area contributed by atoms with E-state index in [4.69, 9.17) is 0 Å². The van der Waals surface area contributed by atoms with E-state index in [1.165, 1.54) is 0 Å². The number of urea groups is 1. The van der Waals surface area contributed by atoms with Crippen molar-refractivity contribution in [3.63, 3.8) is 0 Å². The number of carbonyl (C=O) groups is 3. The molecule has 0 bridgehead atoms. The first-order valence-corrected chi connectivity index (χ1v) is 8.78. The second kappa shape index (κ2) is 6.99. The molecule has 0 spiro atoms. The predicted octanol–water partition coefficient (Wildman–Crippen LogP) is 1.53. The van der Waals surface area contributed by atoms with Gasteiger partial charge in [-0.15, -0.1) is 0 Å². The Bertz CT molecular complexity index is 520. The van der Waals surface area contributed by atoms with Crippen LogP contribution in [0.2, 0.25) is 0 Å². The molecule has 3 amide bonds. The standard InChI is InChI=1S/C17H29N3O4/c1-11(2)17(15(22)23)7-9-19(10-17)14(21)13-6-5-8-20(13)16(24)18-12(3)4/h11-13H,5-10H2,1-4H3,(H,18,24)(H,22,23)/t13-,17?/m0/s1. The van der Waals surface area contributed by atoms with Gasteiger partial charge in [0.2, 0.25) is 5.91 Å². The Morgan fingerprint density at radius 2 is 1.83 bits per heavy atom. The number of hydrogen-bond acceptors (Lipinski definition) is 3. The summed E-state index contributed by atoms with van der Waals surface area (Å²) in [5.41, 5.74) is -0.876. The Balaban J connectivity index is 2.09. The van der Waals surface area contributed by atoms with Gasteiger partial charge in [0.1, 0.15) is 6.04 Å². The molecule has 0 radical (unpaired) electrons. The third kappa shape index (κ3) is 3.35. The maximum atomic E-state index is 12.9. The van der Waals surface area contributed by atoms with Crippen LogP contribution in [0.25, 0.3) is 0 Å². The molecule has 136 valence electrons. The Hall–Kier alpha value is -1.79. The maximum absolute atomic E-state index is 12.9. The van der Waals surface area contributed by atoms with E-state index < -0.39 is 17.4 Å². The highest BCUT2D eigenvalue weighted by molar-refractivity contribution is 5.89. The van der Waals surface area contributed by atoms with Gasteiger partial charge in [-0.2, -0.15) is 0 Å². The summed E-state index contributed by atoms with van der Waals surface area (Å²) in [6.07, 6.45) is 1.91. The van der Waals surface area contributed by atoms with Crippen molar-refractivity contribution in [2.75, 3.05) is 19.6 Å². The number of likely N-dealkylation sites (tertiary alicyclic amines) is 2. The lowest BCUT2D eigenvalue weighted by Crippen LogP contribution is -2.52. The van der Waals surface area contributed by atoms with Gasteiger partial charge in [0.05, 0.1) is 5.41 Å². The van der Waals surface area contributed by atoms with E-state index in [0.717, 1.165) is 6.42 Å². The fraction of sp³-hybridized carbons (Fsp3) is 0.824. The summed E-state index contributed by atoms with van der Waals surface area (Å²) in [4.78, 5) is 40.1. The summed E-state index contributed by atoms with van der Waals surface area (Å²) in [6, 6.07) is -0.671. The van der Waals surface area contributed by atoms with E-state index in [0.29, 0.717) is 25.9 Å². The van der Waals surface area contributed by atoms with Gasteiger partial charge in [-0.25, -0.2) is 4.79 Å². The van der Waals surface area contributed by atoms with Crippen LogP contribution in [0.1, 0.15) is 47.0 Å². The van der Waals surface area contributed by atoms with Crippen molar-refractivity contribution in [3.05, 3.63) is 0 Å². The summed E-state index contributed by atoms with van der Waals surface area (Å²) in [5, 5.41) is 12.5. The molecule has 2 fully saturated rings. The van der Waals surface area contributed by atoms with E-state index in [1.54, 1.807) is 9.80 Å². The Morgan fingerprint density at radius 3 is 2.33 bits per heavy atom. The van der Waals surface area contributed by atoms with Gasteiger partial charge >= 0.3 is 12.0 Å². The van der Waals surface area contributed by atoms with Crippen molar-refractivity contribution in [1.29, 1.82) is 0 Å². The monoisotopic (exact) mass is 339 g/mol. The number of rotatable bonds is 4. The molecule has 2 N–H and O–H groups in total. The fourth-order valence-corrected chi connectivity index (χ4v) is 3.72. The average molecular weight is 339 g/mol. The second-order valence-corrected chi connectivity index (χ2v) is 7.58. The molecule has 7 heteroatoms. The lowest BCUT2D eigenvalue weighted by molar-refractivity contribution is -0.151. The zero-order valence-electron chi connectivity index (χ0n) is 15.0. The fourth-order valence-electron chi connectivity index (χ4n) is 3.72. The number of carboxylic acid groups (broad SMARTS) is 1. The van der Waals surface area contributed by atoms with Crippen LogP contribution in [0.4, 0.5) is 4.79 Å². The zero-order chi connectivity index (χ0) is 18.1. The second-order valence-electron chi connectivity index (χ2n) is 7.58. The molecule has 0 aliphatic carbocycles. The van der Waals surface area contributed by atoms with Crippen molar-refractivity contribution < 1.29 is 19.5 Å². The van der Waals surface area contributed by atoms with E-state index >= 15 is 0 Å². The number of nitrogens with one attached hydrogen (secondary N) is 1. The predicted molar refractivity (Wildman–Crippen MR) is 89.5 cm³/mol. The van der Waals surface area contributed by atoms with Crippen LogP contribution in [0.3, 0.4) is 0 Å². The van der Waals surface area contributed by atoms with E-state index in [2.05, 4.69) is 5.32 Å². The van der Waals surface area contributed by atoms with Crippen molar-refractivity contribution >= 4 is 17.9 Å². The quantitative estimate of drug-likeness (QED) is 0.813. The SMILES string of the molecule is CC(C)NC(=O)N1CCC[C@H]1C(=O)N1CCC(C(=O)O)(C(C)C)C1. The molecular formula is C17H29N3O4. The maximum Gasteiger partial charge on any atom is 0.318 e. The van der Waals surface area contributed by atoms with Gasteiger partial charge in [-0.3, -0.25) is 9.59 Å². The number of carboxylic acids is 1. The molecule has 2 atom stereocenters. The van der Waals surface area contributed by atoms with Crippen LogP contribution in [0.5, 0.6) is 0 Å². The number of amides is 3. The first kappa shape index (κ1) is 18.5. The third-order valence-electron chi connectivity index (χ3n) is 5.35. The van der Waals surface area contributed by atoms with Crippen molar-refractivity contribution in [2.24, 2.45) is 11.3 Å². The minimum atomic E-state index is -0.876. The third-order valence-corrected chi connectivity index (χ3v) is 5.35. The van der Waals surface area contributed by atoms with Crippen molar-refractivity contribution in [2.45, 2.75) is 59.0 Å². The Morgan fingerprint density at radius 1 is 1.17 bits per heavy atom. The Labute approximate surface area is 143 Å². The number of nitrogens with zero attached hydrogens (tertiary/aromatic N) is 2. The highest BCUT2D eigenvalue weighted by atomic mass is 16.4. The Kier molecular flexibility index (Phi) is 5.40. The molecular weight excluding hydrogens is 310 g/mol. The highest BCUT2D eigenvalue weighted by Crippen LogP contribution is 2.39. The molecule has 1 unspecified atom stereocenters.